The van der Waals surface area contributed by atoms with Gasteiger partial charge >= 0.3 is 0 Å². The Morgan fingerprint density at radius 1 is 1.15 bits per heavy atom. The third kappa shape index (κ3) is 8.44. The Balaban J connectivity index is 0.000000449. The van der Waals surface area contributed by atoms with Gasteiger partial charge in [0.25, 0.3) is 15.9 Å². The standard InChI is InChI=1S/C20H25F3N4O3S.C8H10/c21-15-12-27(13-15)8-4-7-25-18-14(11-24)9-16(10-17(18)22)31(29,30)26-19(28)20(23)5-2-1-3-6-20;1-2-8-6-4-3-5-7-8/h9-10,15,25H,1-8,12-13H2,(H,26,28);3-7H,2H2,1H3. The van der Waals surface area contributed by atoms with Gasteiger partial charge in [0.1, 0.15) is 18.1 Å². The molecule has 2 N–H and O–H groups in total. The van der Waals surface area contributed by atoms with E-state index in [1.54, 1.807) is 10.8 Å². The summed E-state index contributed by atoms with van der Waals surface area (Å²) >= 11 is 0. The molecule has 1 aliphatic carbocycles. The summed E-state index contributed by atoms with van der Waals surface area (Å²) in [5.74, 6) is -2.25. The lowest BCUT2D eigenvalue weighted by Gasteiger charge is -2.34. The first-order valence-corrected chi connectivity index (χ1v) is 14.7. The number of halogens is 3. The summed E-state index contributed by atoms with van der Waals surface area (Å²) in [5.41, 5.74) is -1.28. The van der Waals surface area contributed by atoms with E-state index in [-0.39, 0.29) is 24.1 Å². The van der Waals surface area contributed by atoms with Crippen LogP contribution in [0.15, 0.2) is 47.4 Å². The van der Waals surface area contributed by atoms with Crippen LogP contribution in [0.2, 0.25) is 0 Å². The number of nitrogens with one attached hydrogen (secondary N) is 2. The minimum atomic E-state index is -4.56. The molecule has 1 heterocycles. The van der Waals surface area contributed by atoms with Crippen molar-refractivity contribution in [2.24, 2.45) is 0 Å². The number of aryl methyl sites for hydroxylation is 1. The Kier molecular flexibility index (Phi) is 10.8. The summed E-state index contributed by atoms with van der Waals surface area (Å²) in [7, 11) is -4.56. The number of benzene rings is 2. The van der Waals surface area contributed by atoms with Gasteiger partial charge in [-0.05, 0) is 56.2 Å². The number of carbonyl (C=O) groups excluding carboxylic acids is 1. The van der Waals surface area contributed by atoms with E-state index in [0.29, 0.717) is 51.5 Å². The number of nitrogens with zero attached hydrogens (tertiary/aromatic N) is 2. The molecule has 4 rings (SSSR count). The van der Waals surface area contributed by atoms with Gasteiger partial charge in [-0.3, -0.25) is 9.69 Å². The SMILES string of the molecule is CCc1ccccc1.N#Cc1cc(S(=O)(=O)NC(=O)C2(F)CCCCC2)cc(F)c1NCCCN1CC(F)C1. The summed E-state index contributed by atoms with van der Waals surface area (Å²) in [6, 6.07) is 13.8. The molecular formula is C28H35F3N4O3S. The monoisotopic (exact) mass is 564 g/mol. The van der Waals surface area contributed by atoms with E-state index in [4.69, 9.17) is 0 Å². The number of rotatable bonds is 9. The summed E-state index contributed by atoms with van der Waals surface area (Å²) in [6.07, 6.45) is 2.48. The van der Waals surface area contributed by atoms with Crippen molar-refractivity contribution in [1.29, 1.82) is 5.26 Å². The van der Waals surface area contributed by atoms with Crippen LogP contribution in [0.5, 0.6) is 0 Å². The van der Waals surface area contributed by atoms with Crippen LogP contribution >= 0.6 is 0 Å². The molecular weight excluding hydrogens is 529 g/mol. The number of sulfonamides is 1. The molecule has 1 amide bonds. The lowest BCUT2D eigenvalue weighted by atomic mass is 9.86. The van der Waals surface area contributed by atoms with Gasteiger partial charge in [0.2, 0.25) is 0 Å². The number of amides is 1. The largest absolute Gasteiger partial charge is 0.382 e. The fourth-order valence-electron chi connectivity index (χ4n) is 4.54. The van der Waals surface area contributed by atoms with Crippen molar-refractivity contribution in [1.82, 2.24) is 9.62 Å². The average Bonchev–Trinajstić information content (AvgIpc) is 2.91. The zero-order valence-corrected chi connectivity index (χ0v) is 22.9. The van der Waals surface area contributed by atoms with Gasteiger partial charge in [-0.15, -0.1) is 0 Å². The van der Waals surface area contributed by atoms with Crippen molar-refractivity contribution in [3.8, 4) is 6.07 Å². The first kappa shape index (κ1) is 30.4. The summed E-state index contributed by atoms with van der Waals surface area (Å²) in [4.78, 5) is 13.5. The van der Waals surface area contributed by atoms with E-state index in [2.05, 4.69) is 36.5 Å². The van der Waals surface area contributed by atoms with Crippen LogP contribution in [0, 0.1) is 17.1 Å². The molecule has 2 aromatic carbocycles. The number of likely N-dealkylation sites (tertiary alicyclic amines) is 1. The lowest BCUT2D eigenvalue weighted by molar-refractivity contribution is -0.133. The normalized spacial score (nSPS) is 17.2. The van der Waals surface area contributed by atoms with E-state index in [1.807, 2.05) is 11.0 Å². The highest BCUT2D eigenvalue weighted by atomic mass is 32.2. The molecule has 0 aromatic heterocycles. The maximum absolute atomic E-state index is 14.7. The number of nitriles is 1. The number of hydrogen-bond donors (Lipinski definition) is 2. The average molecular weight is 565 g/mol. The number of anilines is 1. The Labute approximate surface area is 228 Å². The minimum absolute atomic E-state index is 0.0710. The molecule has 7 nitrogen and oxygen atoms in total. The smallest absolute Gasteiger partial charge is 0.271 e. The maximum Gasteiger partial charge on any atom is 0.271 e. The van der Waals surface area contributed by atoms with Crippen molar-refractivity contribution in [3.63, 3.8) is 0 Å². The second kappa shape index (κ2) is 13.8. The Hall–Kier alpha value is -3.10. The van der Waals surface area contributed by atoms with Gasteiger partial charge in [-0.2, -0.15) is 5.26 Å². The molecule has 212 valence electrons. The van der Waals surface area contributed by atoms with Crippen LogP contribution < -0.4 is 10.0 Å². The van der Waals surface area contributed by atoms with Gasteiger partial charge < -0.3 is 5.32 Å². The van der Waals surface area contributed by atoms with E-state index < -0.39 is 38.5 Å². The maximum atomic E-state index is 14.7. The highest BCUT2D eigenvalue weighted by Crippen LogP contribution is 2.32. The quantitative estimate of drug-likeness (QED) is 0.421. The Morgan fingerprint density at radius 3 is 2.38 bits per heavy atom. The molecule has 39 heavy (non-hydrogen) atoms. The van der Waals surface area contributed by atoms with Crippen LogP contribution in [-0.4, -0.2) is 57.2 Å². The number of hydrogen-bond acceptors (Lipinski definition) is 6. The van der Waals surface area contributed by atoms with Crippen molar-refractivity contribution >= 4 is 21.6 Å². The first-order valence-electron chi connectivity index (χ1n) is 13.2. The molecule has 2 aromatic rings. The topological polar surface area (TPSA) is 102 Å². The van der Waals surface area contributed by atoms with Crippen molar-refractivity contribution in [3.05, 3.63) is 59.4 Å². The summed E-state index contributed by atoms with van der Waals surface area (Å²) in [5, 5.41) is 12.1. The minimum Gasteiger partial charge on any atom is -0.382 e. The molecule has 2 fully saturated rings. The Bertz CT molecular complexity index is 1260. The van der Waals surface area contributed by atoms with E-state index in [1.165, 1.54) is 5.56 Å². The van der Waals surface area contributed by atoms with Crippen LogP contribution in [0.1, 0.15) is 56.6 Å². The fourth-order valence-corrected chi connectivity index (χ4v) is 5.61. The molecule has 0 unspecified atom stereocenters. The predicted octanol–water partition coefficient (Wildman–Crippen LogP) is 4.88. The number of alkyl halides is 2. The molecule has 1 saturated heterocycles. The predicted molar refractivity (Wildman–Crippen MR) is 144 cm³/mol. The lowest BCUT2D eigenvalue weighted by Crippen LogP contribution is -2.48. The van der Waals surface area contributed by atoms with Crippen molar-refractivity contribution in [2.45, 2.75) is 68.6 Å². The summed E-state index contributed by atoms with van der Waals surface area (Å²) in [6.45, 7) is 3.81. The van der Waals surface area contributed by atoms with E-state index >= 15 is 0 Å². The first-order chi connectivity index (χ1) is 18.6. The van der Waals surface area contributed by atoms with Crippen molar-refractivity contribution in [2.75, 3.05) is 31.5 Å². The second-order valence-electron chi connectivity index (χ2n) is 9.88. The van der Waals surface area contributed by atoms with Crippen molar-refractivity contribution < 1.29 is 26.4 Å². The highest BCUT2D eigenvalue weighted by Gasteiger charge is 2.41. The molecule has 0 radical (unpaired) electrons. The van der Waals surface area contributed by atoms with Crippen LogP contribution in [0.25, 0.3) is 0 Å². The molecule has 2 aliphatic rings. The highest BCUT2D eigenvalue weighted by molar-refractivity contribution is 7.90. The fraction of sp³-hybridized carbons (Fsp3) is 0.500. The van der Waals surface area contributed by atoms with Crippen LogP contribution in [0.3, 0.4) is 0 Å². The third-order valence-corrected chi connectivity index (χ3v) is 8.20. The molecule has 0 atom stereocenters. The van der Waals surface area contributed by atoms with E-state index in [0.717, 1.165) is 18.9 Å². The Morgan fingerprint density at radius 2 is 1.82 bits per heavy atom. The van der Waals surface area contributed by atoms with E-state index in [9.17, 15) is 31.6 Å². The summed E-state index contributed by atoms with van der Waals surface area (Å²) < 4.78 is 68.9. The van der Waals surface area contributed by atoms with Crippen LogP contribution in [-0.2, 0) is 21.2 Å². The zero-order chi connectivity index (χ0) is 28.5. The van der Waals surface area contributed by atoms with Gasteiger partial charge in [-0.25, -0.2) is 26.3 Å². The zero-order valence-electron chi connectivity index (χ0n) is 22.1. The molecule has 1 saturated carbocycles. The van der Waals surface area contributed by atoms with Crippen LogP contribution in [0.4, 0.5) is 18.9 Å². The van der Waals surface area contributed by atoms with Gasteiger partial charge in [0.05, 0.1) is 16.1 Å². The van der Waals surface area contributed by atoms with Gasteiger partial charge in [0, 0.05) is 26.2 Å². The van der Waals surface area contributed by atoms with Gasteiger partial charge in [-0.1, -0.05) is 43.7 Å². The molecule has 0 spiro atoms. The third-order valence-electron chi connectivity index (χ3n) is 6.89. The number of carbonyl (C=O) groups is 1. The molecule has 0 bridgehead atoms. The van der Waals surface area contributed by atoms with Gasteiger partial charge in [0.15, 0.2) is 5.67 Å². The molecule has 11 heteroatoms. The second-order valence-corrected chi connectivity index (χ2v) is 11.6. The molecule has 1 aliphatic heterocycles.